The lowest BCUT2D eigenvalue weighted by molar-refractivity contribution is -0.122. The van der Waals surface area contributed by atoms with Gasteiger partial charge in [-0.05, 0) is 42.1 Å². The quantitative estimate of drug-likeness (QED) is 0.253. The summed E-state index contributed by atoms with van der Waals surface area (Å²) in [5.74, 6) is -1.05. The molecule has 2 heterocycles. The zero-order valence-electron chi connectivity index (χ0n) is 17.4. The summed E-state index contributed by atoms with van der Waals surface area (Å²) in [7, 11) is 0. The second-order valence-corrected chi connectivity index (χ2v) is 8.42. The van der Waals surface area contributed by atoms with Crippen LogP contribution < -0.4 is 10.2 Å². The number of fused-ring (bicyclic) bond motifs is 1. The molecule has 1 fully saturated rings. The third-order valence-corrected chi connectivity index (χ3v) is 6.11. The van der Waals surface area contributed by atoms with Gasteiger partial charge in [-0.15, -0.1) is 0 Å². The fourth-order valence-electron chi connectivity index (χ4n) is 3.97. The number of benzene rings is 3. The maximum absolute atomic E-state index is 13.4. The van der Waals surface area contributed by atoms with E-state index in [1.165, 1.54) is 4.90 Å². The molecule has 1 N–H and O–H groups in total. The Hall–Kier alpha value is -3.74. The molecule has 1 aliphatic rings. The van der Waals surface area contributed by atoms with Gasteiger partial charge in [-0.3, -0.25) is 19.8 Å². The largest absolute Gasteiger partial charge is 0.342 e. The minimum absolute atomic E-state index is 0.00163. The van der Waals surface area contributed by atoms with Crippen LogP contribution in [0.15, 0.2) is 90.6 Å². The SMILES string of the molecule is O=C1NC(=S)N(c2ccccc2Cl)C(=O)C1=Cc1cn(Cc2ccccc2)c2ccccc12. The zero-order valence-corrected chi connectivity index (χ0v) is 18.9. The van der Waals surface area contributed by atoms with E-state index in [1.54, 1.807) is 30.3 Å². The predicted octanol–water partition coefficient (Wildman–Crippen LogP) is 5.17. The van der Waals surface area contributed by atoms with Gasteiger partial charge in [0.15, 0.2) is 5.11 Å². The van der Waals surface area contributed by atoms with Gasteiger partial charge >= 0.3 is 0 Å². The fourth-order valence-corrected chi connectivity index (χ4v) is 4.46. The molecule has 1 aliphatic heterocycles. The number of anilines is 1. The molecular formula is C26H18ClN3O2S. The average molecular weight is 472 g/mol. The third-order valence-electron chi connectivity index (χ3n) is 5.51. The summed E-state index contributed by atoms with van der Waals surface area (Å²) >= 11 is 11.6. The summed E-state index contributed by atoms with van der Waals surface area (Å²) in [5.41, 5.74) is 3.35. The number of thiocarbonyl (C=S) groups is 1. The van der Waals surface area contributed by atoms with Crippen LogP contribution in [0.4, 0.5) is 5.69 Å². The first-order chi connectivity index (χ1) is 16.0. The molecule has 33 heavy (non-hydrogen) atoms. The molecule has 0 bridgehead atoms. The van der Waals surface area contributed by atoms with E-state index in [2.05, 4.69) is 22.0 Å². The van der Waals surface area contributed by atoms with E-state index in [9.17, 15) is 9.59 Å². The first-order valence-corrected chi connectivity index (χ1v) is 11.1. The summed E-state index contributed by atoms with van der Waals surface area (Å²) in [5, 5.41) is 3.92. The molecule has 5 rings (SSSR count). The minimum atomic E-state index is -0.534. The number of hydrogen-bond acceptors (Lipinski definition) is 3. The maximum Gasteiger partial charge on any atom is 0.270 e. The van der Waals surface area contributed by atoms with E-state index < -0.39 is 11.8 Å². The molecule has 5 nitrogen and oxygen atoms in total. The number of carbonyl (C=O) groups excluding carboxylic acids is 2. The molecule has 0 unspecified atom stereocenters. The van der Waals surface area contributed by atoms with Crippen molar-refractivity contribution < 1.29 is 9.59 Å². The Balaban J connectivity index is 1.59. The van der Waals surface area contributed by atoms with Crippen molar-refractivity contribution in [2.24, 2.45) is 0 Å². The Bertz CT molecular complexity index is 1440. The lowest BCUT2D eigenvalue weighted by Crippen LogP contribution is -2.54. The van der Waals surface area contributed by atoms with Crippen molar-refractivity contribution in [3.63, 3.8) is 0 Å². The van der Waals surface area contributed by atoms with Crippen molar-refractivity contribution in [3.05, 3.63) is 107 Å². The normalized spacial score (nSPS) is 15.4. The van der Waals surface area contributed by atoms with E-state index in [4.69, 9.17) is 23.8 Å². The maximum atomic E-state index is 13.4. The number of amides is 2. The third kappa shape index (κ3) is 3.95. The van der Waals surface area contributed by atoms with Crippen molar-refractivity contribution in [1.29, 1.82) is 0 Å². The lowest BCUT2D eigenvalue weighted by atomic mass is 10.1. The standard InChI is InChI=1S/C26H18ClN3O2S/c27-21-11-5-7-13-23(21)30-25(32)20(24(31)28-26(30)33)14-18-16-29(15-17-8-2-1-3-9-17)22-12-6-4-10-19(18)22/h1-14,16H,15H2,(H,28,31,33). The molecule has 7 heteroatoms. The van der Waals surface area contributed by atoms with Crippen molar-refractivity contribution in [1.82, 2.24) is 9.88 Å². The number of halogens is 1. The number of hydrogen-bond donors (Lipinski definition) is 1. The summed E-state index contributed by atoms with van der Waals surface area (Å²) in [4.78, 5) is 27.4. The van der Waals surface area contributed by atoms with Crippen LogP contribution in [0.5, 0.6) is 0 Å². The van der Waals surface area contributed by atoms with Crippen LogP contribution in [0, 0.1) is 0 Å². The second kappa shape index (κ2) is 8.65. The monoisotopic (exact) mass is 471 g/mol. The van der Waals surface area contributed by atoms with Gasteiger partial charge in [-0.25, -0.2) is 0 Å². The highest BCUT2D eigenvalue weighted by Crippen LogP contribution is 2.30. The van der Waals surface area contributed by atoms with Crippen molar-refractivity contribution in [2.75, 3.05) is 4.90 Å². The van der Waals surface area contributed by atoms with Gasteiger partial charge in [0.2, 0.25) is 0 Å². The topological polar surface area (TPSA) is 54.3 Å². The number of nitrogens with one attached hydrogen (secondary N) is 1. The first kappa shape index (κ1) is 21.1. The van der Waals surface area contributed by atoms with E-state index in [1.807, 2.05) is 48.7 Å². The second-order valence-electron chi connectivity index (χ2n) is 7.62. The molecule has 1 aromatic heterocycles. The van der Waals surface area contributed by atoms with E-state index in [0.29, 0.717) is 17.3 Å². The molecule has 4 aromatic rings. The number of nitrogens with zero attached hydrogens (tertiary/aromatic N) is 2. The van der Waals surface area contributed by atoms with Crippen LogP contribution in [0.3, 0.4) is 0 Å². The van der Waals surface area contributed by atoms with E-state index in [-0.39, 0.29) is 10.7 Å². The fraction of sp³-hybridized carbons (Fsp3) is 0.0385. The number of aromatic nitrogens is 1. The van der Waals surface area contributed by atoms with Crippen molar-refractivity contribution in [2.45, 2.75) is 6.54 Å². The van der Waals surface area contributed by atoms with E-state index in [0.717, 1.165) is 22.0 Å². The van der Waals surface area contributed by atoms with Gasteiger partial charge in [-0.2, -0.15) is 0 Å². The molecular weight excluding hydrogens is 454 g/mol. The van der Waals surface area contributed by atoms with E-state index >= 15 is 0 Å². The Labute approximate surface area is 200 Å². The number of carbonyl (C=O) groups is 2. The van der Waals surface area contributed by atoms with Crippen LogP contribution in [0.1, 0.15) is 11.1 Å². The molecule has 0 aliphatic carbocycles. The Kier molecular flexibility index (Phi) is 5.54. The highest BCUT2D eigenvalue weighted by Gasteiger charge is 2.35. The van der Waals surface area contributed by atoms with Crippen LogP contribution >= 0.6 is 23.8 Å². The van der Waals surface area contributed by atoms with Gasteiger partial charge in [0, 0.05) is 29.2 Å². The molecule has 162 valence electrons. The molecule has 0 radical (unpaired) electrons. The minimum Gasteiger partial charge on any atom is -0.342 e. The van der Waals surface area contributed by atoms with Crippen LogP contribution in [0.2, 0.25) is 5.02 Å². The predicted molar refractivity (Wildman–Crippen MR) is 135 cm³/mol. The van der Waals surface area contributed by atoms with Gasteiger partial charge < -0.3 is 4.57 Å². The first-order valence-electron chi connectivity index (χ1n) is 10.3. The smallest absolute Gasteiger partial charge is 0.270 e. The molecule has 1 saturated heterocycles. The zero-order chi connectivity index (χ0) is 22.9. The summed E-state index contributed by atoms with van der Waals surface area (Å²) in [6.45, 7) is 0.667. The van der Waals surface area contributed by atoms with Crippen LogP contribution in [-0.4, -0.2) is 21.5 Å². The number of para-hydroxylation sites is 2. The molecule has 0 spiro atoms. The Morgan fingerprint density at radius 2 is 1.61 bits per heavy atom. The molecule has 0 atom stereocenters. The molecule has 3 aromatic carbocycles. The summed E-state index contributed by atoms with van der Waals surface area (Å²) in [6, 6.07) is 24.9. The number of rotatable bonds is 4. The van der Waals surface area contributed by atoms with Crippen LogP contribution in [-0.2, 0) is 16.1 Å². The van der Waals surface area contributed by atoms with Crippen LogP contribution in [0.25, 0.3) is 17.0 Å². The lowest BCUT2D eigenvalue weighted by Gasteiger charge is -2.29. The Morgan fingerprint density at radius 3 is 2.39 bits per heavy atom. The van der Waals surface area contributed by atoms with Gasteiger partial charge in [0.1, 0.15) is 5.57 Å². The van der Waals surface area contributed by atoms with Gasteiger partial charge in [-0.1, -0.05) is 72.3 Å². The summed E-state index contributed by atoms with van der Waals surface area (Å²) < 4.78 is 2.11. The molecule has 2 amide bonds. The summed E-state index contributed by atoms with van der Waals surface area (Å²) in [6.07, 6.45) is 3.57. The van der Waals surface area contributed by atoms with Crippen molar-refractivity contribution in [3.8, 4) is 0 Å². The average Bonchev–Trinajstić information content (AvgIpc) is 3.16. The Morgan fingerprint density at radius 1 is 0.909 bits per heavy atom. The van der Waals surface area contributed by atoms with Gasteiger partial charge in [0.05, 0.1) is 10.7 Å². The highest BCUT2D eigenvalue weighted by atomic mass is 35.5. The highest BCUT2D eigenvalue weighted by molar-refractivity contribution is 7.80. The van der Waals surface area contributed by atoms with Crippen molar-refractivity contribution >= 4 is 63.4 Å². The van der Waals surface area contributed by atoms with Gasteiger partial charge in [0.25, 0.3) is 11.8 Å². The molecule has 0 saturated carbocycles.